The Morgan fingerprint density at radius 2 is 1.81 bits per heavy atom. The minimum atomic E-state index is -0.108. The molecule has 1 aliphatic rings. The van der Waals surface area contributed by atoms with Crippen molar-refractivity contribution in [2.24, 2.45) is 0 Å². The summed E-state index contributed by atoms with van der Waals surface area (Å²) in [4.78, 5) is 0. The van der Waals surface area contributed by atoms with Crippen LogP contribution in [0, 0.1) is 0 Å². The van der Waals surface area contributed by atoms with Gasteiger partial charge in [0.1, 0.15) is 0 Å². The summed E-state index contributed by atoms with van der Waals surface area (Å²) in [6, 6.07) is 6.29. The highest BCUT2D eigenvalue weighted by Gasteiger charge is 2.42. The van der Waals surface area contributed by atoms with Gasteiger partial charge in [-0.25, -0.2) is 0 Å². The van der Waals surface area contributed by atoms with Gasteiger partial charge < -0.3 is 19.5 Å². The maximum atomic E-state index is 6.19. The van der Waals surface area contributed by atoms with Gasteiger partial charge in [-0.05, 0) is 44.5 Å². The SMILES string of the molecule is CCOC1(C(NC)c2ccc(OC)c(OC)c2)CCCC1. The number of hydrogen-bond donors (Lipinski definition) is 1. The monoisotopic (exact) mass is 293 g/mol. The predicted molar refractivity (Wildman–Crippen MR) is 84.2 cm³/mol. The Bertz CT molecular complexity index is 455. The zero-order valence-corrected chi connectivity index (χ0v) is 13.6. The molecule has 1 aliphatic carbocycles. The van der Waals surface area contributed by atoms with Crippen LogP contribution < -0.4 is 14.8 Å². The molecule has 21 heavy (non-hydrogen) atoms. The number of nitrogens with one attached hydrogen (secondary N) is 1. The second-order valence-corrected chi connectivity index (χ2v) is 5.54. The van der Waals surface area contributed by atoms with Gasteiger partial charge >= 0.3 is 0 Å². The van der Waals surface area contributed by atoms with E-state index in [9.17, 15) is 0 Å². The number of rotatable bonds is 7. The van der Waals surface area contributed by atoms with Crippen LogP contribution in [0.25, 0.3) is 0 Å². The largest absolute Gasteiger partial charge is 0.493 e. The first-order chi connectivity index (χ1) is 10.2. The van der Waals surface area contributed by atoms with Crippen LogP contribution in [0.3, 0.4) is 0 Å². The predicted octanol–water partition coefficient (Wildman–Crippen LogP) is 3.31. The van der Waals surface area contributed by atoms with Gasteiger partial charge in [-0.2, -0.15) is 0 Å². The van der Waals surface area contributed by atoms with Crippen LogP contribution in [0.2, 0.25) is 0 Å². The average Bonchev–Trinajstić information content (AvgIpc) is 2.97. The van der Waals surface area contributed by atoms with Crippen molar-refractivity contribution in [2.75, 3.05) is 27.9 Å². The first kappa shape index (κ1) is 16.1. The van der Waals surface area contributed by atoms with Crippen molar-refractivity contribution in [2.45, 2.75) is 44.2 Å². The molecule has 0 amide bonds. The molecule has 1 aromatic rings. The fraction of sp³-hybridized carbons (Fsp3) is 0.647. The van der Waals surface area contributed by atoms with Gasteiger partial charge in [-0.15, -0.1) is 0 Å². The standard InChI is InChI=1S/C17H27NO3/c1-5-21-17(10-6-7-11-17)16(18-2)13-8-9-14(19-3)15(12-13)20-4/h8-9,12,16,18H,5-7,10-11H2,1-4H3. The second-order valence-electron chi connectivity index (χ2n) is 5.54. The van der Waals surface area contributed by atoms with Crippen molar-refractivity contribution in [3.05, 3.63) is 23.8 Å². The average molecular weight is 293 g/mol. The van der Waals surface area contributed by atoms with Gasteiger partial charge in [0.05, 0.1) is 25.9 Å². The van der Waals surface area contributed by atoms with Crippen molar-refractivity contribution in [1.82, 2.24) is 5.32 Å². The van der Waals surface area contributed by atoms with Crippen LogP contribution in [0.5, 0.6) is 11.5 Å². The third-order valence-electron chi connectivity index (χ3n) is 4.44. The first-order valence-electron chi connectivity index (χ1n) is 7.74. The van der Waals surface area contributed by atoms with Gasteiger partial charge in [0.2, 0.25) is 0 Å². The number of likely N-dealkylation sites (N-methyl/N-ethyl adjacent to an activating group) is 1. The van der Waals surface area contributed by atoms with Crippen molar-refractivity contribution >= 4 is 0 Å². The molecule has 1 saturated carbocycles. The zero-order chi connectivity index (χ0) is 15.3. The smallest absolute Gasteiger partial charge is 0.161 e. The van der Waals surface area contributed by atoms with E-state index in [1.54, 1.807) is 14.2 Å². The number of methoxy groups -OCH3 is 2. The molecule has 0 radical (unpaired) electrons. The molecule has 0 aliphatic heterocycles. The maximum Gasteiger partial charge on any atom is 0.161 e. The molecule has 0 saturated heterocycles. The summed E-state index contributed by atoms with van der Waals surface area (Å²) in [5.74, 6) is 1.52. The minimum Gasteiger partial charge on any atom is -0.493 e. The van der Waals surface area contributed by atoms with Gasteiger partial charge in [-0.1, -0.05) is 18.9 Å². The summed E-state index contributed by atoms with van der Waals surface area (Å²) in [5, 5.41) is 3.45. The Hall–Kier alpha value is -1.26. The van der Waals surface area contributed by atoms with E-state index in [0.29, 0.717) is 0 Å². The van der Waals surface area contributed by atoms with Crippen LogP contribution in [0.15, 0.2) is 18.2 Å². The van der Waals surface area contributed by atoms with Crippen molar-refractivity contribution in [3.8, 4) is 11.5 Å². The van der Waals surface area contributed by atoms with E-state index in [2.05, 4.69) is 24.4 Å². The van der Waals surface area contributed by atoms with Crippen LogP contribution in [-0.2, 0) is 4.74 Å². The van der Waals surface area contributed by atoms with E-state index in [1.165, 1.54) is 18.4 Å². The highest BCUT2D eigenvalue weighted by molar-refractivity contribution is 5.44. The summed E-state index contributed by atoms with van der Waals surface area (Å²) in [6.07, 6.45) is 4.65. The molecule has 0 aromatic heterocycles. The summed E-state index contributed by atoms with van der Waals surface area (Å²) in [5.41, 5.74) is 1.08. The Balaban J connectivity index is 2.36. The van der Waals surface area contributed by atoms with Crippen molar-refractivity contribution in [1.29, 1.82) is 0 Å². The third-order valence-corrected chi connectivity index (χ3v) is 4.44. The van der Waals surface area contributed by atoms with E-state index in [-0.39, 0.29) is 11.6 Å². The molecular weight excluding hydrogens is 266 g/mol. The Morgan fingerprint density at radius 3 is 2.33 bits per heavy atom. The molecule has 1 fully saturated rings. The lowest BCUT2D eigenvalue weighted by Crippen LogP contribution is -2.43. The molecule has 2 rings (SSSR count). The summed E-state index contributed by atoms with van der Waals surface area (Å²) in [6.45, 7) is 2.81. The van der Waals surface area contributed by atoms with E-state index in [0.717, 1.165) is 30.9 Å². The van der Waals surface area contributed by atoms with Crippen molar-refractivity contribution < 1.29 is 14.2 Å². The van der Waals surface area contributed by atoms with Crippen LogP contribution >= 0.6 is 0 Å². The molecule has 0 bridgehead atoms. The number of hydrogen-bond acceptors (Lipinski definition) is 4. The van der Waals surface area contributed by atoms with Gasteiger partial charge in [-0.3, -0.25) is 0 Å². The van der Waals surface area contributed by atoms with E-state index in [1.807, 2.05) is 13.1 Å². The topological polar surface area (TPSA) is 39.7 Å². The lowest BCUT2D eigenvalue weighted by molar-refractivity contribution is -0.0610. The molecule has 118 valence electrons. The number of ether oxygens (including phenoxy) is 3. The summed E-state index contributed by atoms with van der Waals surface area (Å²) >= 11 is 0. The lowest BCUT2D eigenvalue weighted by Gasteiger charge is -2.37. The molecule has 1 unspecified atom stereocenters. The third kappa shape index (κ3) is 3.16. The van der Waals surface area contributed by atoms with Crippen LogP contribution in [0.1, 0.15) is 44.2 Å². The van der Waals surface area contributed by atoms with Gasteiger partial charge in [0.15, 0.2) is 11.5 Å². The Kier molecular flexibility index (Phi) is 5.48. The highest BCUT2D eigenvalue weighted by Crippen LogP contribution is 2.44. The number of benzene rings is 1. The van der Waals surface area contributed by atoms with Crippen LogP contribution in [0.4, 0.5) is 0 Å². The van der Waals surface area contributed by atoms with Crippen LogP contribution in [-0.4, -0.2) is 33.5 Å². The second kappa shape index (κ2) is 7.14. The molecule has 0 spiro atoms. The maximum absolute atomic E-state index is 6.19. The van der Waals surface area contributed by atoms with E-state index < -0.39 is 0 Å². The molecule has 1 atom stereocenters. The quantitative estimate of drug-likeness (QED) is 0.837. The molecular formula is C17H27NO3. The molecule has 4 heteroatoms. The fourth-order valence-corrected chi connectivity index (χ4v) is 3.54. The lowest BCUT2D eigenvalue weighted by atomic mass is 9.86. The molecule has 1 aromatic carbocycles. The summed E-state index contributed by atoms with van der Waals surface area (Å²) < 4.78 is 17.0. The first-order valence-corrected chi connectivity index (χ1v) is 7.74. The van der Waals surface area contributed by atoms with Gasteiger partial charge in [0.25, 0.3) is 0 Å². The van der Waals surface area contributed by atoms with E-state index >= 15 is 0 Å². The Morgan fingerprint density at radius 1 is 1.14 bits per heavy atom. The molecule has 4 nitrogen and oxygen atoms in total. The van der Waals surface area contributed by atoms with Gasteiger partial charge in [0, 0.05) is 6.61 Å². The normalized spacial score (nSPS) is 18.5. The molecule has 0 heterocycles. The van der Waals surface area contributed by atoms with Crippen molar-refractivity contribution in [3.63, 3.8) is 0 Å². The molecule has 1 N–H and O–H groups in total. The fourth-order valence-electron chi connectivity index (χ4n) is 3.54. The Labute approximate surface area is 127 Å². The minimum absolute atomic E-state index is 0.108. The summed E-state index contributed by atoms with van der Waals surface area (Å²) in [7, 11) is 5.33. The highest BCUT2D eigenvalue weighted by atomic mass is 16.5. The van der Waals surface area contributed by atoms with E-state index in [4.69, 9.17) is 14.2 Å². The zero-order valence-electron chi connectivity index (χ0n) is 13.6.